The largest absolute Gasteiger partial charge is 0.417 e. The van der Waals surface area contributed by atoms with E-state index in [4.69, 9.17) is 5.73 Å². The van der Waals surface area contributed by atoms with E-state index < -0.39 is 23.2 Å². The third-order valence-electron chi connectivity index (χ3n) is 2.00. The minimum atomic E-state index is -4.65. The van der Waals surface area contributed by atoms with Crippen molar-refractivity contribution in [3.63, 3.8) is 0 Å². The molecule has 0 aliphatic rings. The van der Waals surface area contributed by atoms with Crippen LogP contribution in [0.4, 0.5) is 13.2 Å². The van der Waals surface area contributed by atoms with Crippen molar-refractivity contribution in [2.45, 2.75) is 6.18 Å². The average molecular weight is 230 g/mol. The fraction of sp³-hybridized carbons (Fsp3) is 0.125. The first-order valence-corrected chi connectivity index (χ1v) is 4.10. The number of hydrogen-bond donors (Lipinski definition) is 1. The van der Waals surface area contributed by atoms with Gasteiger partial charge >= 0.3 is 6.18 Å². The van der Waals surface area contributed by atoms with Gasteiger partial charge in [-0.15, -0.1) is 10.2 Å². The van der Waals surface area contributed by atoms with Gasteiger partial charge in [0, 0.05) is 6.20 Å². The van der Waals surface area contributed by atoms with E-state index in [0.29, 0.717) is 0 Å². The number of primary amides is 1. The van der Waals surface area contributed by atoms with Gasteiger partial charge in [-0.2, -0.15) is 13.2 Å². The standard InChI is InChI=1S/C8H5F3N4O/c9-8(10,11)5-1-6-14-13-3-15(6)2-4(5)7(12)16/h1-3H,(H2,12,16). The summed E-state index contributed by atoms with van der Waals surface area (Å²) in [7, 11) is 0. The minimum Gasteiger partial charge on any atom is -0.366 e. The summed E-state index contributed by atoms with van der Waals surface area (Å²) >= 11 is 0. The van der Waals surface area contributed by atoms with Gasteiger partial charge in [-0.05, 0) is 6.07 Å². The third-order valence-corrected chi connectivity index (χ3v) is 2.00. The lowest BCUT2D eigenvalue weighted by atomic mass is 10.1. The van der Waals surface area contributed by atoms with Crippen LogP contribution in [-0.2, 0) is 6.18 Å². The van der Waals surface area contributed by atoms with E-state index in [1.807, 2.05) is 0 Å². The van der Waals surface area contributed by atoms with E-state index in [0.717, 1.165) is 12.3 Å². The van der Waals surface area contributed by atoms with Gasteiger partial charge in [-0.1, -0.05) is 0 Å². The molecule has 84 valence electrons. The highest BCUT2D eigenvalue weighted by Gasteiger charge is 2.35. The molecule has 0 aliphatic carbocycles. The molecule has 8 heteroatoms. The molecule has 2 rings (SSSR count). The first kappa shape index (κ1) is 10.4. The summed E-state index contributed by atoms with van der Waals surface area (Å²) in [5.74, 6) is -1.15. The topological polar surface area (TPSA) is 73.3 Å². The highest BCUT2D eigenvalue weighted by Crippen LogP contribution is 2.32. The van der Waals surface area contributed by atoms with Gasteiger partial charge in [-0.3, -0.25) is 9.20 Å². The van der Waals surface area contributed by atoms with E-state index >= 15 is 0 Å². The molecule has 0 radical (unpaired) electrons. The summed E-state index contributed by atoms with van der Waals surface area (Å²) in [4.78, 5) is 10.9. The normalized spacial score (nSPS) is 11.9. The quantitative estimate of drug-likeness (QED) is 0.789. The van der Waals surface area contributed by atoms with Crippen LogP contribution >= 0.6 is 0 Å². The van der Waals surface area contributed by atoms with Gasteiger partial charge in [0.1, 0.15) is 6.33 Å². The van der Waals surface area contributed by atoms with E-state index in [1.165, 1.54) is 10.7 Å². The molecule has 2 N–H and O–H groups in total. The van der Waals surface area contributed by atoms with E-state index in [1.54, 1.807) is 0 Å². The number of pyridine rings is 1. The molecule has 0 aromatic carbocycles. The van der Waals surface area contributed by atoms with Gasteiger partial charge < -0.3 is 5.73 Å². The molecule has 0 fully saturated rings. The second kappa shape index (κ2) is 3.19. The Bertz CT molecular complexity index is 560. The molecular formula is C8H5F3N4O. The summed E-state index contributed by atoms with van der Waals surface area (Å²) in [5, 5.41) is 6.87. The van der Waals surface area contributed by atoms with Crippen molar-refractivity contribution < 1.29 is 18.0 Å². The van der Waals surface area contributed by atoms with Crippen molar-refractivity contribution in [2.75, 3.05) is 0 Å². The maximum Gasteiger partial charge on any atom is 0.417 e. The summed E-state index contributed by atoms with van der Waals surface area (Å²) in [6, 6.07) is 0.729. The molecule has 1 amide bonds. The van der Waals surface area contributed by atoms with Crippen LogP contribution in [-0.4, -0.2) is 20.5 Å². The molecule has 0 spiro atoms. The van der Waals surface area contributed by atoms with Crippen molar-refractivity contribution in [3.8, 4) is 0 Å². The average Bonchev–Trinajstić information content (AvgIpc) is 2.60. The van der Waals surface area contributed by atoms with Crippen molar-refractivity contribution >= 4 is 11.6 Å². The molecule has 0 aliphatic heterocycles. The van der Waals surface area contributed by atoms with Gasteiger partial charge in [0.15, 0.2) is 5.65 Å². The highest BCUT2D eigenvalue weighted by atomic mass is 19.4. The van der Waals surface area contributed by atoms with Crippen LogP contribution in [0.1, 0.15) is 15.9 Å². The van der Waals surface area contributed by atoms with Crippen molar-refractivity contribution in [1.82, 2.24) is 14.6 Å². The Hall–Kier alpha value is -2.12. The van der Waals surface area contributed by atoms with Crippen LogP contribution in [0.15, 0.2) is 18.6 Å². The number of nitrogens with two attached hydrogens (primary N) is 1. The summed E-state index contributed by atoms with van der Waals surface area (Å²) in [6.07, 6.45) is -2.51. The maximum absolute atomic E-state index is 12.6. The number of rotatable bonds is 1. The van der Waals surface area contributed by atoms with Crippen molar-refractivity contribution in [3.05, 3.63) is 29.7 Å². The predicted molar refractivity (Wildman–Crippen MR) is 46.5 cm³/mol. The van der Waals surface area contributed by atoms with Crippen LogP contribution in [0.25, 0.3) is 5.65 Å². The number of carbonyl (C=O) groups excluding carboxylic acids is 1. The van der Waals surface area contributed by atoms with Crippen molar-refractivity contribution in [2.24, 2.45) is 5.73 Å². The first-order valence-electron chi connectivity index (χ1n) is 4.10. The SMILES string of the molecule is NC(=O)c1cn2cnnc2cc1C(F)(F)F. The zero-order valence-corrected chi connectivity index (χ0v) is 7.69. The number of fused-ring (bicyclic) bond motifs is 1. The monoisotopic (exact) mass is 230 g/mol. The Morgan fingerprint density at radius 3 is 2.69 bits per heavy atom. The maximum atomic E-state index is 12.6. The zero-order valence-electron chi connectivity index (χ0n) is 7.69. The molecule has 2 aromatic heterocycles. The molecule has 2 heterocycles. The summed E-state index contributed by atoms with van der Waals surface area (Å²) in [5.41, 5.74) is 3.15. The Kier molecular flexibility index (Phi) is 2.07. The fourth-order valence-corrected chi connectivity index (χ4v) is 1.30. The predicted octanol–water partition coefficient (Wildman–Crippen LogP) is 0.847. The number of amides is 1. The Balaban J connectivity index is 2.77. The summed E-state index contributed by atoms with van der Waals surface area (Å²) in [6.45, 7) is 0. The van der Waals surface area contributed by atoms with Crippen LogP contribution in [0.5, 0.6) is 0 Å². The Morgan fingerprint density at radius 2 is 2.12 bits per heavy atom. The van der Waals surface area contributed by atoms with Crippen LogP contribution in [0, 0.1) is 0 Å². The molecule has 0 atom stereocenters. The number of hydrogen-bond acceptors (Lipinski definition) is 3. The molecule has 16 heavy (non-hydrogen) atoms. The van der Waals surface area contributed by atoms with Crippen LogP contribution < -0.4 is 5.73 Å². The zero-order chi connectivity index (χ0) is 11.9. The molecular weight excluding hydrogens is 225 g/mol. The third kappa shape index (κ3) is 1.58. The minimum absolute atomic E-state index is 0.00248. The van der Waals surface area contributed by atoms with Crippen molar-refractivity contribution in [1.29, 1.82) is 0 Å². The molecule has 0 bridgehead atoms. The number of carbonyl (C=O) groups is 1. The Labute approximate surface area is 86.7 Å². The lowest BCUT2D eigenvalue weighted by Gasteiger charge is -2.10. The van der Waals surface area contributed by atoms with Crippen LogP contribution in [0.2, 0.25) is 0 Å². The molecule has 0 saturated carbocycles. The van der Waals surface area contributed by atoms with Crippen LogP contribution in [0.3, 0.4) is 0 Å². The van der Waals surface area contributed by atoms with E-state index in [-0.39, 0.29) is 5.65 Å². The Morgan fingerprint density at radius 1 is 1.44 bits per heavy atom. The van der Waals surface area contributed by atoms with Gasteiger partial charge in [0.2, 0.25) is 0 Å². The van der Waals surface area contributed by atoms with Gasteiger partial charge in [0.25, 0.3) is 5.91 Å². The smallest absolute Gasteiger partial charge is 0.366 e. The molecule has 0 unspecified atom stereocenters. The van der Waals surface area contributed by atoms with Gasteiger partial charge in [0.05, 0.1) is 11.1 Å². The fourth-order valence-electron chi connectivity index (χ4n) is 1.30. The number of nitrogens with zero attached hydrogens (tertiary/aromatic N) is 3. The number of alkyl halides is 3. The molecule has 0 saturated heterocycles. The second-order valence-corrected chi connectivity index (χ2v) is 3.06. The highest BCUT2D eigenvalue weighted by molar-refractivity contribution is 5.94. The molecule has 5 nitrogen and oxygen atoms in total. The van der Waals surface area contributed by atoms with Gasteiger partial charge in [-0.25, -0.2) is 0 Å². The summed E-state index contributed by atoms with van der Waals surface area (Å²) < 4.78 is 38.9. The number of aromatic nitrogens is 3. The van der Waals surface area contributed by atoms with E-state index in [2.05, 4.69) is 10.2 Å². The molecule has 2 aromatic rings. The van der Waals surface area contributed by atoms with E-state index in [9.17, 15) is 18.0 Å². The lowest BCUT2D eigenvalue weighted by molar-refractivity contribution is -0.137. The number of halogens is 3. The lowest BCUT2D eigenvalue weighted by Crippen LogP contribution is -2.19. The first-order chi connectivity index (χ1) is 7.39. The second-order valence-electron chi connectivity index (χ2n) is 3.06.